The molecule has 2 aliphatic heterocycles. The van der Waals surface area contributed by atoms with E-state index in [0.29, 0.717) is 24.8 Å². The molecule has 2 fully saturated rings. The van der Waals surface area contributed by atoms with Gasteiger partial charge in [0.15, 0.2) is 16.1 Å². The summed E-state index contributed by atoms with van der Waals surface area (Å²) < 4.78 is 36.6. The standard InChI is InChI=1S/C16H19FN4O2.C12H17FN2O.C4H2Cl2N2/c17-13-1-3-14(4-2-13)23-12-11-20-7-9-21(10-8-20)15-16(22)19-6-5-18-15;13-11-1-3-12(4-2-11)16-10-9-15-7-5-14-6-8-15;5-3-4(6)8-2-1-7-3/h1-6H,7-12H2,(H,19,22);1-4,14H,5-10H2;1-2H. The predicted octanol–water partition coefficient (Wildman–Crippen LogP) is 4.00. The van der Waals surface area contributed by atoms with Crippen molar-refractivity contribution in [1.82, 2.24) is 35.1 Å². The molecular formula is C32H38Cl2F2N8O3. The van der Waals surface area contributed by atoms with E-state index >= 15 is 0 Å². The van der Waals surface area contributed by atoms with Crippen LogP contribution in [0.2, 0.25) is 10.3 Å². The Hall–Kier alpha value is -3.88. The van der Waals surface area contributed by atoms with Gasteiger partial charge in [-0.1, -0.05) is 23.2 Å². The first-order valence-corrected chi connectivity index (χ1v) is 16.0. The molecule has 47 heavy (non-hydrogen) atoms. The lowest BCUT2D eigenvalue weighted by Gasteiger charge is -2.34. The second-order valence-electron chi connectivity index (χ2n) is 10.4. The second-order valence-corrected chi connectivity index (χ2v) is 11.1. The largest absolute Gasteiger partial charge is 0.492 e. The molecule has 6 rings (SSSR count). The van der Waals surface area contributed by atoms with E-state index in [1.165, 1.54) is 42.9 Å². The number of nitrogens with zero attached hydrogens (tertiary/aromatic N) is 6. The van der Waals surface area contributed by atoms with Crippen LogP contribution in [-0.2, 0) is 0 Å². The molecule has 0 unspecified atom stereocenters. The van der Waals surface area contributed by atoms with Crippen molar-refractivity contribution in [3.05, 3.63) is 106 Å². The molecular weight excluding hydrogens is 653 g/mol. The van der Waals surface area contributed by atoms with Gasteiger partial charge in [0.2, 0.25) is 0 Å². The molecule has 0 atom stereocenters. The molecule has 11 nitrogen and oxygen atoms in total. The maximum absolute atomic E-state index is 12.8. The van der Waals surface area contributed by atoms with Crippen LogP contribution in [0.4, 0.5) is 14.6 Å². The van der Waals surface area contributed by atoms with Crippen molar-refractivity contribution < 1.29 is 18.3 Å². The van der Waals surface area contributed by atoms with Crippen LogP contribution in [0.15, 0.2) is 78.1 Å². The van der Waals surface area contributed by atoms with Gasteiger partial charge >= 0.3 is 0 Å². The Morgan fingerprint density at radius 1 is 0.681 bits per heavy atom. The highest BCUT2D eigenvalue weighted by molar-refractivity contribution is 6.40. The molecule has 15 heteroatoms. The van der Waals surface area contributed by atoms with Gasteiger partial charge in [-0.05, 0) is 48.5 Å². The topological polar surface area (TPSA) is 112 Å². The van der Waals surface area contributed by atoms with Crippen LogP contribution in [0.25, 0.3) is 0 Å². The van der Waals surface area contributed by atoms with E-state index in [-0.39, 0.29) is 27.5 Å². The van der Waals surface area contributed by atoms with Crippen LogP contribution < -0.4 is 25.2 Å². The summed E-state index contributed by atoms with van der Waals surface area (Å²) in [6.45, 7) is 10.4. The zero-order valence-electron chi connectivity index (χ0n) is 25.8. The molecule has 4 heterocycles. The lowest BCUT2D eigenvalue weighted by atomic mass is 10.3. The van der Waals surface area contributed by atoms with E-state index in [4.69, 9.17) is 32.7 Å². The lowest BCUT2D eigenvalue weighted by Crippen LogP contribution is -2.49. The molecule has 252 valence electrons. The minimum Gasteiger partial charge on any atom is -0.492 e. The van der Waals surface area contributed by atoms with E-state index < -0.39 is 0 Å². The lowest BCUT2D eigenvalue weighted by molar-refractivity contribution is 0.191. The quantitative estimate of drug-likeness (QED) is 0.267. The predicted molar refractivity (Wildman–Crippen MR) is 179 cm³/mol. The van der Waals surface area contributed by atoms with Crippen molar-refractivity contribution in [3.63, 3.8) is 0 Å². The Balaban J connectivity index is 0.000000180. The number of piperazine rings is 2. The van der Waals surface area contributed by atoms with Crippen LogP contribution in [-0.4, -0.2) is 108 Å². The molecule has 2 saturated heterocycles. The fraction of sp³-hybridized carbons (Fsp3) is 0.375. The minimum atomic E-state index is -0.266. The van der Waals surface area contributed by atoms with Crippen molar-refractivity contribution in [2.45, 2.75) is 0 Å². The van der Waals surface area contributed by atoms with Gasteiger partial charge in [0, 0.05) is 90.2 Å². The van der Waals surface area contributed by atoms with Gasteiger partial charge in [0.1, 0.15) is 36.3 Å². The normalized spacial score (nSPS) is 15.1. The van der Waals surface area contributed by atoms with Gasteiger partial charge < -0.3 is 24.7 Å². The van der Waals surface area contributed by atoms with Crippen LogP contribution in [0.3, 0.4) is 0 Å². The highest BCUT2D eigenvalue weighted by Crippen LogP contribution is 2.14. The van der Waals surface area contributed by atoms with Crippen molar-refractivity contribution >= 4 is 29.0 Å². The van der Waals surface area contributed by atoms with Crippen LogP contribution in [0.5, 0.6) is 11.5 Å². The second kappa shape index (κ2) is 19.7. The van der Waals surface area contributed by atoms with Gasteiger partial charge in [-0.2, -0.15) is 0 Å². The van der Waals surface area contributed by atoms with Gasteiger partial charge in [-0.25, -0.2) is 23.7 Å². The van der Waals surface area contributed by atoms with E-state index in [9.17, 15) is 13.6 Å². The monoisotopic (exact) mass is 690 g/mol. The molecule has 2 aliphatic rings. The number of rotatable bonds is 9. The number of H-pyrrole nitrogens is 1. The molecule has 0 aliphatic carbocycles. The van der Waals surface area contributed by atoms with Crippen molar-refractivity contribution in [3.8, 4) is 11.5 Å². The molecule has 2 aromatic carbocycles. The summed E-state index contributed by atoms with van der Waals surface area (Å²) in [6.07, 6.45) is 6.09. The molecule has 0 bridgehead atoms. The maximum Gasteiger partial charge on any atom is 0.290 e. The summed E-state index contributed by atoms with van der Waals surface area (Å²) in [5.74, 6) is 1.39. The van der Waals surface area contributed by atoms with Gasteiger partial charge in [-0.15, -0.1) is 0 Å². The third-order valence-electron chi connectivity index (χ3n) is 7.16. The van der Waals surface area contributed by atoms with Crippen molar-refractivity contribution in [1.29, 1.82) is 0 Å². The summed E-state index contributed by atoms with van der Waals surface area (Å²) in [5.41, 5.74) is -0.152. The highest BCUT2D eigenvalue weighted by Gasteiger charge is 2.19. The Morgan fingerprint density at radius 3 is 1.64 bits per heavy atom. The average molecular weight is 692 g/mol. The summed E-state index contributed by atoms with van der Waals surface area (Å²) in [5, 5.41) is 3.79. The summed E-state index contributed by atoms with van der Waals surface area (Å²) in [7, 11) is 0. The molecule has 0 amide bonds. The van der Waals surface area contributed by atoms with Crippen molar-refractivity contribution in [2.75, 3.05) is 83.6 Å². The zero-order chi connectivity index (χ0) is 33.3. The molecule has 4 aromatic rings. The number of hydrogen-bond donors (Lipinski definition) is 2. The average Bonchev–Trinajstić information content (AvgIpc) is 3.10. The smallest absolute Gasteiger partial charge is 0.290 e. The number of benzene rings is 2. The zero-order valence-corrected chi connectivity index (χ0v) is 27.3. The summed E-state index contributed by atoms with van der Waals surface area (Å²) in [6, 6.07) is 12.2. The fourth-order valence-corrected chi connectivity index (χ4v) is 4.85. The number of ether oxygens (including phenoxy) is 2. The number of halogens is 4. The van der Waals surface area contributed by atoms with Gasteiger partial charge in [-0.3, -0.25) is 14.6 Å². The summed E-state index contributed by atoms with van der Waals surface area (Å²) >= 11 is 10.8. The molecule has 0 radical (unpaired) electrons. The number of anilines is 1. The number of hydrogen-bond acceptors (Lipinski definition) is 10. The summed E-state index contributed by atoms with van der Waals surface area (Å²) in [4.78, 5) is 32.5. The SMILES string of the molecule is Clc1nccnc1Cl.Fc1ccc(OCCN2CCNCC2)cc1.O=c1[nH]ccnc1N1CCN(CCOc2ccc(F)cc2)CC1. The van der Waals surface area contributed by atoms with E-state index in [0.717, 1.165) is 71.2 Å². The fourth-order valence-electron chi connectivity index (χ4n) is 4.64. The first-order chi connectivity index (χ1) is 22.9. The highest BCUT2D eigenvalue weighted by atomic mass is 35.5. The van der Waals surface area contributed by atoms with E-state index in [2.05, 4.69) is 35.1 Å². The number of aromatic nitrogens is 4. The maximum atomic E-state index is 12.8. The first-order valence-electron chi connectivity index (χ1n) is 15.2. The van der Waals surface area contributed by atoms with E-state index in [1.54, 1.807) is 30.5 Å². The Labute approximate surface area is 282 Å². The van der Waals surface area contributed by atoms with Gasteiger partial charge in [0.05, 0.1) is 0 Å². The molecule has 0 saturated carbocycles. The van der Waals surface area contributed by atoms with Gasteiger partial charge in [0.25, 0.3) is 5.56 Å². The molecule has 2 N–H and O–H groups in total. The Kier molecular flexibility index (Phi) is 15.1. The molecule has 0 spiro atoms. The third-order valence-corrected chi connectivity index (χ3v) is 7.81. The third kappa shape index (κ3) is 13.0. The van der Waals surface area contributed by atoms with Crippen LogP contribution in [0.1, 0.15) is 0 Å². The first kappa shape index (κ1) is 36.0. The Morgan fingerprint density at radius 2 is 1.17 bits per heavy atom. The number of aromatic amines is 1. The van der Waals surface area contributed by atoms with Crippen molar-refractivity contribution in [2.24, 2.45) is 0 Å². The van der Waals surface area contributed by atoms with Crippen LogP contribution >= 0.6 is 23.2 Å². The number of nitrogens with one attached hydrogen (secondary N) is 2. The van der Waals surface area contributed by atoms with E-state index in [1.807, 2.05) is 4.90 Å². The molecule has 2 aromatic heterocycles. The van der Waals surface area contributed by atoms with Crippen LogP contribution in [0, 0.1) is 11.6 Å². The Bertz CT molecular complexity index is 1500. The minimum absolute atomic E-state index is 0.152.